The molecule has 7 nitrogen and oxygen atoms in total. The Morgan fingerprint density at radius 1 is 0.860 bits per heavy atom. The lowest BCUT2D eigenvalue weighted by Crippen LogP contribution is -2.29. The van der Waals surface area contributed by atoms with E-state index in [2.05, 4.69) is 37.5 Å². The predicted octanol–water partition coefficient (Wildman–Crippen LogP) is 8.88. The smallest absolute Gasteiger partial charge is 0.351 e. The number of alkyl halides is 3. The van der Waals surface area contributed by atoms with E-state index in [9.17, 15) is 31.2 Å². The van der Waals surface area contributed by atoms with Crippen LogP contribution in [0.1, 0.15) is 77.7 Å². The molecule has 0 spiro atoms. The molecule has 0 aliphatic rings. The van der Waals surface area contributed by atoms with E-state index < -0.39 is 39.4 Å². The summed E-state index contributed by atoms with van der Waals surface area (Å²) in [4.78, 5) is 26.5. The van der Waals surface area contributed by atoms with Gasteiger partial charge < -0.3 is 10.6 Å². The highest BCUT2D eigenvalue weighted by Gasteiger charge is 2.31. The Balaban J connectivity index is 1.58. The van der Waals surface area contributed by atoms with Gasteiger partial charge in [-0.1, -0.05) is 94.4 Å². The van der Waals surface area contributed by atoms with Crippen molar-refractivity contribution in [2.24, 2.45) is 5.41 Å². The van der Waals surface area contributed by atoms with Gasteiger partial charge >= 0.3 is 6.18 Å². The summed E-state index contributed by atoms with van der Waals surface area (Å²) in [5, 5.41) is 5.46. The number of hydrogen-bond donors (Lipinski definition) is 3. The summed E-state index contributed by atoms with van der Waals surface area (Å²) < 4.78 is 70.4. The summed E-state index contributed by atoms with van der Waals surface area (Å²) in [6.07, 6.45) is -0.299. The average molecular weight is 707 g/mol. The largest absolute Gasteiger partial charge is 0.416 e. The first kappa shape index (κ1) is 38.1. The third-order valence-electron chi connectivity index (χ3n) is 8.22. The van der Waals surface area contributed by atoms with Gasteiger partial charge in [0.2, 0.25) is 5.91 Å². The molecule has 50 heavy (non-hydrogen) atoms. The zero-order valence-corrected chi connectivity index (χ0v) is 29.3. The molecule has 0 fully saturated rings. The molecule has 0 aromatic heterocycles. The quantitative estimate of drug-likeness (QED) is 0.135. The van der Waals surface area contributed by atoms with Gasteiger partial charge in [-0.05, 0) is 88.0 Å². The first-order valence-corrected chi connectivity index (χ1v) is 17.6. The summed E-state index contributed by atoms with van der Waals surface area (Å²) in [7, 11) is -4.21. The first-order chi connectivity index (χ1) is 23.3. The molecule has 0 saturated heterocycles. The van der Waals surface area contributed by atoms with Gasteiger partial charge in [0.15, 0.2) is 0 Å². The van der Waals surface area contributed by atoms with E-state index in [0.717, 1.165) is 28.8 Å². The summed E-state index contributed by atoms with van der Waals surface area (Å²) in [6, 6.07) is 24.9. The number of benzene rings is 4. The van der Waals surface area contributed by atoms with Crippen molar-refractivity contribution in [3.05, 3.63) is 130 Å². The second-order valence-corrected chi connectivity index (χ2v) is 15.0. The van der Waals surface area contributed by atoms with E-state index in [1.54, 1.807) is 55.5 Å². The molecule has 0 saturated carbocycles. The molecule has 264 valence electrons. The maximum atomic E-state index is 14.0. The number of rotatable bonds is 11. The minimum atomic E-state index is -4.43. The Morgan fingerprint density at radius 3 is 2.00 bits per heavy atom. The first-order valence-electron chi connectivity index (χ1n) is 16.0. The fourth-order valence-electron chi connectivity index (χ4n) is 5.47. The molecular weight excluding hydrogens is 665 g/mol. The molecule has 0 heterocycles. The van der Waals surface area contributed by atoms with E-state index >= 15 is 0 Å². The SMILES string of the molecule is Cc1cc(C(F)(F)F)ccc1-c1ccc(NC(=O)C(c2ccc(/C=C/C(C)(C)C)cc2)C(C)c2ccc(C(=O)NCCS(=O)(=O)O)cc2)cc1. The van der Waals surface area contributed by atoms with E-state index in [4.69, 9.17) is 4.55 Å². The molecule has 11 heteroatoms. The van der Waals surface area contributed by atoms with Crippen LogP contribution in [0.25, 0.3) is 17.2 Å². The van der Waals surface area contributed by atoms with Crippen LogP contribution in [0, 0.1) is 12.3 Å². The van der Waals surface area contributed by atoms with E-state index in [1.165, 1.54) is 6.07 Å². The highest BCUT2D eigenvalue weighted by atomic mass is 32.2. The Morgan fingerprint density at radius 2 is 1.46 bits per heavy atom. The van der Waals surface area contributed by atoms with Crippen molar-refractivity contribution in [2.75, 3.05) is 17.6 Å². The fraction of sp³-hybridized carbons (Fsp3) is 0.282. The summed E-state index contributed by atoms with van der Waals surface area (Å²) in [6.45, 7) is 9.60. The van der Waals surface area contributed by atoms with Crippen LogP contribution >= 0.6 is 0 Å². The molecule has 0 aliphatic carbocycles. The number of amides is 2. The van der Waals surface area contributed by atoms with Crippen molar-refractivity contribution in [1.29, 1.82) is 0 Å². The second-order valence-electron chi connectivity index (χ2n) is 13.4. The molecule has 2 atom stereocenters. The zero-order chi connectivity index (χ0) is 36.9. The molecule has 0 radical (unpaired) electrons. The van der Waals surface area contributed by atoms with Crippen molar-refractivity contribution >= 4 is 33.7 Å². The molecule has 4 rings (SSSR count). The number of allylic oxidation sites excluding steroid dienone is 1. The van der Waals surface area contributed by atoms with Crippen molar-refractivity contribution < 1.29 is 35.7 Å². The van der Waals surface area contributed by atoms with Gasteiger partial charge in [-0.15, -0.1) is 0 Å². The molecule has 4 aromatic rings. The van der Waals surface area contributed by atoms with E-state index in [-0.39, 0.29) is 29.3 Å². The lowest BCUT2D eigenvalue weighted by molar-refractivity contribution is -0.137. The molecule has 3 N–H and O–H groups in total. The monoisotopic (exact) mass is 706 g/mol. The fourth-order valence-corrected chi connectivity index (χ4v) is 5.83. The summed E-state index contributed by atoms with van der Waals surface area (Å²) in [5.74, 6) is -2.39. The van der Waals surface area contributed by atoms with Gasteiger partial charge in [0.25, 0.3) is 16.0 Å². The van der Waals surface area contributed by atoms with E-state index in [0.29, 0.717) is 22.4 Å². The van der Waals surface area contributed by atoms with E-state index in [1.807, 2.05) is 37.3 Å². The number of carbonyl (C=O) groups is 2. The Bertz CT molecular complexity index is 1950. The number of nitrogens with one attached hydrogen (secondary N) is 2. The normalized spacial score (nSPS) is 13.5. The van der Waals surface area contributed by atoms with Crippen LogP contribution < -0.4 is 10.6 Å². The minimum Gasteiger partial charge on any atom is -0.351 e. The highest BCUT2D eigenvalue weighted by molar-refractivity contribution is 7.85. The maximum absolute atomic E-state index is 14.0. The Hall–Kier alpha value is -4.74. The number of hydrogen-bond acceptors (Lipinski definition) is 4. The van der Waals surface area contributed by atoms with Gasteiger partial charge in [0, 0.05) is 17.8 Å². The topological polar surface area (TPSA) is 113 Å². The molecule has 4 aromatic carbocycles. The van der Waals surface area contributed by atoms with Crippen LogP contribution in [0.15, 0.2) is 97.1 Å². The minimum absolute atomic E-state index is 0.00400. The molecule has 0 bridgehead atoms. The number of anilines is 1. The Kier molecular flexibility index (Phi) is 11.8. The molecule has 2 amide bonds. The molecule has 0 aliphatic heterocycles. The van der Waals surface area contributed by atoms with Gasteiger partial charge in [0.05, 0.1) is 17.2 Å². The second kappa shape index (κ2) is 15.4. The lowest BCUT2D eigenvalue weighted by atomic mass is 9.81. The van der Waals surface area contributed by atoms with Crippen molar-refractivity contribution in [2.45, 2.75) is 52.6 Å². The predicted molar refractivity (Wildman–Crippen MR) is 192 cm³/mol. The van der Waals surface area contributed by atoms with Gasteiger partial charge in [-0.25, -0.2) is 0 Å². The van der Waals surface area contributed by atoms with Crippen LogP contribution in [-0.4, -0.2) is 37.1 Å². The third kappa shape index (κ3) is 10.6. The van der Waals surface area contributed by atoms with Crippen molar-refractivity contribution in [3.63, 3.8) is 0 Å². The zero-order valence-electron chi connectivity index (χ0n) is 28.5. The van der Waals surface area contributed by atoms with Gasteiger partial charge in [-0.2, -0.15) is 21.6 Å². The average Bonchev–Trinajstić information content (AvgIpc) is 3.03. The third-order valence-corrected chi connectivity index (χ3v) is 8.94. The van der Waals surface area contributed by atoms with Crippen LogP contribution in [0.2, 0.25) is 0 Å². The van der Waals surface area contributed by atoms with Gasteiger partial charge in [0.1, 0.15) is 0 Å². The Labute approximate surface area is 291 Å². The molecule has 2 unspecified atom stereocenters. The number of aryl methyl sites for hydroxylation is 1. The highest BCUT2D eigenvalue weighted by Crippen LogP contribution is 2.36. The van der Waals surface area contributed by atoms with Crippen LogP contribution in [0.3, 0.4) is 0 Å². The standard InChI is InChI=1S/C39H41F3N2O5S/c1-25-24-32(39(40,41)42)16-19-34(25)29-14-17-33(18-15-29)44-37(46)35(30-8-6-27(7-9-30)20-21-38(3,4)5)26(2)28-10-12-31(13-11-28)36(45)43-22-23-50(47,48)49/h6-21,24,26,35H,22-23H2,1-5H3,(H,43,45)(H,44,46)(H,47,48,49)/b21-20+. The van der Waals surface area contributed by atoms with Crippen molar-refractivity contribution in [3.8, 4) is 11.1 Å². The lowest BCUT2D eigenvalue weighted by Gasteiger charge is -2.25. The summed E-state index contributed by atoms with van der Waals surface area (Å²) >= 11 is 0. The van der Waals surface area contributed by atoms with Gasteiger partial charge in [-0.3, -0.25) is 14.1 Å². The maximum Gasteiger partial charge on any atom is 0.416 e. The number of halogens is 3. The number of carbonyl (C=O) groups excluding carboxylic acids is 2. The summed E-state index contributed by atoms with van der Waals surface area (Å²) in [5.41, 5.74) is 4.46. The van der Waals surface area contributed by atoms with Crippen LogP contribution in [0.4, 0.5) is 18.9 Å². The van der Waals surface area contributed by atoms with Crippen molar-refractivity contribution in [1.82, 2.24) is 5.32 Å². The van der Waals surface area contributed by atoms with Crippen LogP contribution in [0.5, 0.6) is 0 Å². The molecular formula is C39H41F3N2O5S. The van der Waals surface area contributed by atoms with Crippen LogP contribution in [-0.2, 0) is 21.1 Å².